The summed E-state index contributed by atoms with van der Waals surface area (Å²) in [7, 11) is 0. The zero-order chi connectivity index (χ0) is 24.7. The summed E-state index contributed by atoms with van der Waals surface area (Å²) < 4.78 is 12.9. The van der Waals surface area contributed by atoms with Crippen molar-refractivity contribution < 1.29 is 14.3 Å². The van der Waals surface area contributed by atoms with Crippen molar-refractivity contribution in [3.05, 3.63) is 52.2 Å². The molecule has 2 atom stereocenters. The molecule has 2 saturated heterocycles. The van der Waals surface area contributed by atoms with Crippen LogP contribution in [0.2, 0.25) is 0 Å². The van der Waals surface area contributed by atoms with Gasteiger partial charge in [0.05, 0.1) is 5.60 Å². The number of para-hydroxylation sites is 1. The highest BCUT2D eigenvalue weighted by Crippen LogP contribution is 2.34. The van der Waals surface area contributed by atoms with E-state index >= 15 is 0 Å². The minimum Gasteiger partial charge on any atom is -0.485 e. The molecular weight excluding hydrogens is 458 g/mol. The van der Waals surface area contributed by atoms with Gasteiger partial charge in [0, 0.05) is 44.0 Å². The van der Waals surface area contributed by atoms with Gasteiger partial charge in [0.2, 0.25) is 0 Å². The Hall–Kier alpha value is -1.93. The Morgan fingerprint density at radius 1 is 1.20 bits per heavy atom. The molecular formula is C28H41N3O3S. The lowest BCUT2D eigenvalue weighted by Gasteiger charge is -2.49. The highest BCUT2D eigenvalue weighted by atomic mass is 32.1. The highest BCUT2D eigenvalue weighted by Gasteiger charge is 2.44. The number of thiophene rings is 1. The van der Waals surface area contributed by atoms with Crippen LogP contribution in [0.25, 0.3) is 0 Å². The summed E-state index contributed by atoms with van der Waals surface area (Å²) in [4.78, 5) is 18.1. The smallest absolute Gasteiger partial charge is 0.251 e. The van der Waals surface area contributed by atoms with Gasteiger partial charge in [-0.05, 0) is 69.3 Å². The number of likely N-dealkylation sites (N-methyl/N-ethyl adjacent to an activating group) is 1. The molecule has 3 heterocycles. The summed E-state index contributed by atoms with van der Waals surface area (Å²) in [6.07, 6.45) is 3.61. The second-order valence-corrected chi connectivity index (χ2v) is 10.7. The van der Waals surface area contributed by atoms with Crippen LogP contribution in [-0.2, 0) is 16.0 Å². The van der Waals surface area contributed by atoms with E-state index in [1.165, 1.54) is 10.4 Å². The standard InChI is InChI=1S/C28H41N3O3S/c1-4-29-16-12-25(26-11-8-20-35-26)33-24-10-7-6-9-23(24)13-17-30-18-14-28(15-19-30)21-31(5-2)27(32)22(3)34-28/h6-11,20,22,25,29H,4-5,12-19,21H2,1-3H3/t22-,25-/m1/s1. The number of morpholine rings is 1. The largest absolute Gasteiger partial charge is 0.485 e. The third kappa shape index (κ3) is 6.64. The number of nitrogens with one attached hydrogen (secondary N) is 1. The minimum absolute atomic E-state index is 0.0692. The van der Waals surface area contributed by atoms with Gasteiger partial charge in [-0.3, -0.25) is 4.79 Å². The zero-order valence-corrected chi connectivity index (χ0v) is 22.3. The molecule has 192 valence electrons. The highest BCUT2D eigenvalue weighted by molar-refractivity contribution is 7.10. The molecule has 0 bridgehead atoms. The first-order valence-electron chi connectivity index (χ1n) is 13.2. The van der Waals surface area contributed by atoms with E-state index in [-0.39, 0.29) is 23.7 Å². The minimum atomic E-state index is -0.330. The second kappa shape index (κ2) is 12.3. The van der Waals surface area contributed by atoms with Crippen molar-refractivity contribution in [1.29, 1.82) is 0 Å². The van der Waals surface area contributed by atoms with Crippen molar-refractivity contribution in [3.63, 3.8) is 0 Å². The monoisotopic (exact) mass is 499 g/mol. The molecule has 0 unspecified atom stereocenters. The average Bonchev–Trinajstić information content (AvgIpc) is 3.41. The second-order valence-electron chi connectivity index (χ2n) is 9.76. The lowest BCUT2D eigenvalue weighted by molar-refractivity contribution is -0.189. The predicted molar refractivity (Wildman–Crippen MR) is 142 cm³/mol. The van der Waals surface area contributed by atoms with Crippen LogP contribution in [0.5, 0.6) is 5.75 Å². The van der Waals surface area contributed by atoms with Crippen molar-refractivity contribution in [1.82, 2.24) is 15.1 Å². The molecule has 2 aliphatic rings. The van der Waals surface area contributed by atoms with Crippen molar-refractivity contribution in [2.24, 2.45) is 0 Å². The Morgan fingerprint density at radius 2 is 2.00 bits per heavy atom. The maximum Gasteiger partial charge on any atom is 0.251 e. The van der Waals surface area contributed by atoms with E-state index in [1.54, 1.807) is 11.3 Å². The summed E-state index contributed by atoms with van der Waals surface area (Å²) >= 11 is 1.77. The summed E-state index contributed by atoms with van der Waals surface area (Å²) in [5.74, 6) is 1.13. The molecule has 1 aromatic carbocycles. The first-order chi connectivity index (χ1) is 17.0. The number of piperidine rings is 1. The first kappa shape index (κ1) is 26.1. The van der Waals surface area contributed by atoms with E-state index in [0.29, 0.717) is 0 Å². The number of hydrogen-bond acceptors (Lipinski definition) is 6. The SMILES string of the molecule is CCNCC[C@@H](Oc1ccccc1CCN1CCC2(CC1)CN(CC)C(=O)[C@@H](C)O2)c1cccs1. The topological polar surface area (TPSA) is 54.0 Å². The van der Waals surface area contributed by atoms with Crippen LogP contribution in [-0.4, -0.2) is 73.2 Å². The molecule has 0 radical (unpaired) electrons. The number of rotatable bonds is 11. The maximum absolute atomic E-state index is 12.3. The molecule has 1 amide bonds. The van der Waals surface area contributed by atoms with Crippen LogP contribution in [0.1, 0.15) is 56.6 Å². The molecule has 2 fully saturated rings. The Kier molecular flexibility index (Phi) is 9.22. The maximum atomic E-state index is 12.3. The fourth-order valence-electron chi connectivity index (χ4n) is 5.27. The van der Waals surface area contributed by atoms with E-state index in [4.69, 9.17) is 9.47 Å². The quantitative estimate of drug-likeness (QED) is 0.461. The van der Waals surface area contributed by atoms with Crippen LogP contribution in [0, 0.1) is 0 Å². The van der Waals surface area contributed by atoms with Gasteiger partial charge in [0.1, 0.15) is 18.0 Å². The van der Waals surface area contributed by atoms with Crippen LogP contribution >= 0.6 is 11.3 Å². The molecule has 0 saturated carbocycles. The molecule has 4 rings (SSSR count). The van der Waals surface area contributed by atoms with Gasteiger partial charge in [-0.15, -0.1) is 11.3 Å². The van der Waals surface area contributed by atoms with Gasteiger partial charge < -0.3 is 24.6 Å². The average molecular weight is 500 g/mol. The molecule has 2 aromatic rings. The number of nitrogens with zero attached hydrogens (tertiary/aromatic N) is 2. The fourth-order valence-corrected chi connectivity index (χ4v) is 6.06. The van der Waals surface area contributed by atoms with Gasteiger partial charge in [-0.2, -0.15) is 0 Å². The molecule has 6 nitrogen and oxygen atoms in total. The van der Waals surface area contributed by atoms with Gasteiger partial charge >= 0.3 is 0 Å². The van der Waals surface area contributed by atoms with Crippen LogP contribution in [0.4, 0.5) is 0 Å². The third-order valence-electron chi connectivity index (χ3n) is 7.35. The van der Waals surface area contributed by atoms with Crippen LogP contribution in [0.3, 0.4) is 0 Å². The Morgan fingerprint density at radius 3 is 2.71 bits per heavy atom. The van der Waals surface area contributed by atoms with Gasteiger partial charge in [0.25, 0.3) is 5.91 Å². The number of benzene rings is 1. The summed E-state index contributed by atoms with van der Waals surface area (Å²) in [5.41, 5.74) is 1.09. The molecule has 35 heavy (non-hydrogen) atoms. The van der Waals surface area contributed by atoms with Gasteiger partial charge in [-0.1, -0.05) is 31.2 Å². The zero-order valence-electron chi connectivity index (χ0n) is 21.5. The number of carbonyl (C=O) groups excluding carboxylic acids is 1. The molecule has 1 aromatic heterocycles. The summed E-state index contributed by atoms with van der Waals surface area (Å²) in [5, 5.41) is 5.56. The van der Waals surface area contributed by atoms with E-state index < -0.39 is 0 Å². The van der Waals surface area contributed by atoms with E-state index in [2.05, 4.69) is 65.8 Å². The predicted octanol–water partition coefficient (Wildman–Crippen LogP) is 4.51. The number of hydrogen-bond donors (Lipinski definition) is 1. The molecule has 7 heteroatoms. The summed E-state index contributed by atoms with van der Waals surface area (Å²) in [6, 6.07) is 12.8. The Balaban J connectivity index is 1.33. The van der Waals surface area contributed by atoms with Crippen LogP contribution < -0.4 is 10.1 Å². The molecule has 0 aliphatic carbocycles. The van der Waals surface area contributed by atoms with Crippen molar-refractivity contribution in [2.45, 2.75) is 64.3 Å². The number of amides is 1. The number of carbonyl (C=O) groups is 1. The lowest BCUT2D eigenvalue weighted by atomic mass is 9.88. The number of ether oxygens (including phenoxy) is 2. The van der Waals surface area contributed by atoms with Crippen molar-refractivity contribution >= 4 is 17.2 Å². The number of likely N-dealkylation sites (tertiary alicyclic amines) is 1. The Bertz CT molecular complexity index is 927. The van der Waals surface area contributed by atoms with Crippen molar-refractivity contribution in [3.8, 4) is 5.75 Å². The third-order valence-corrected chi connectivity index (χ3v) is 8.31. The normalized spacial score (nSPS) is 21.4. The van der Waals surface area contributed by atoms with E-state index in [0.717, 1.165) is 77.2 Å². The van der Waals surface area contributed by atoms with Gasteiger partial charge in [0.15, 0.2) is 0 Å². The van der Waals surface area contributed by atoms with Crippen molar-refractivity contribution in [2.75, 3.05) is 45.8 Å². The van der Waals surface area contributed by atoms with Crippen LogP contribution in [0.15, 0.2) is 41.8 Å². The van der Waals surface area contributed by atoms with E-state index in [9.17, 15) is 4.79 Å². The lowest BCUT2D eigenvalue weighted by Crippen LogP contribution is -2.61. The Labute approximate surface area is 214 Å². The summed E-state index contributed by atoms with van der Waals surface area (Å²) in [6.45, 7) is 12.5. The fraction of sp³-hybridized carbons (Fsp3) is 0.607. The molecule has 2 aliphatic heterocycles. The van der Waals surface area contributed by atoms with E-state index in [1.807, 2.05) is 11.8 Å². The molecule has 1 N–H and O–H groups in total. The molecule has 1 spiro atoms. The van der Waals surface area contributed by atoms with Gasteiger partial charge in [-0.25, -0.2) is 0 Å². The first-order valence-corrected chi connectivity index (χ1v) is 14.1.